The Kier molecular flexibility index (Phi) is 8.85. The third-order valence-electron chi connectivity index (χ3n) is 5.32. The number of nitrogens with one attached hydrogen (secondary N) is 1. The Morgan fingerprint density at radius 1 is 0.920 bits per heavy atom. The van der Waals surface area contributed by atoms with E-state index in [0.717, 1.165) is 18.6 Å². The number of carbonyl (C=O) groups is 1. The Balaban J connectivity index is 1.76. The summed E-state index contributed by atoms with van der Waals surface area (Å²) in [5, 5.41) is 3.20. The van der Waals surface area contributed by atoms with E-state index in [-0.39, 0.29) is 12.5 Å². The van der Waals surface area contributed by atoms with E-state index in [4.69, 9.17) is 4.74 Å². The van der Waals surface area contributed by atoms with Gasteiger partial charge in [-0.2, -0.15) is 0 Å². The average molecular weight is 346 g/mol. The fourth-order valence-electron chi connectivity index (χ4n) is 3.53. The molecule has 1 N–H and O–H groups in total. The van der Waals surface area contributed by atoms with Gasteiger partial charge in [-0.1, -0.05) is 63.9 Å². The summed E-state index contributed by atoms with van der Waals surface area (Å²) in [4.78, 5) is 12.3. The zero-order valence-corrected chi connectivity index (χ0v) is 16.1. The predicted molar refractivity (Wildman–Crippen MR) is 104 cm³/mol. The molecule has 1 fully saturated rings. The van der Waals surface area contributed by atoms with E-state index in [1.165, 1.54) is 68.9 Å². The molecule has 0 bridgehead atoms. The standard InChI is InChI=1S/C22H35NO2/c1-18-14-15-21(16-19(18)2)25-17-22(24)23-20-12-10-8-6-4-3-5-7-9-11-13-20/h14-16,20H,3-13,17H2,1-2H3,(H,23,24). The molecule has 3 nitrogen and oxygen atoms in total. The summed E-state index contributed by atoms with van der Waals surface area (Å²) in [7, 11) is 0. The van der Waals surface area contributed by atoms with Crippen molar-refractivity contribution in [2.75, 3.05) is 6.61 Å². The van der Waals surface area contributed by atoms with Gasteiger partial charge in [-0.15, -0.1) is 0 Å². The van der Waals surface area contributed by atoms with Crippen molar-refractivity contribution in [1.82, 2.24) is 5.32 Å². The number of aryl methyl sites for hydroxylation is 2. The van der Waals surface area contributed by atoms with E-state index in [1.54, 1.807) is 0 Å². The van der Waals surface area contributed by atoms with Gasteiger partial charge in [0, 0.05) is 6.04 Å². The van der Waals surface area contributed by atoms with Gasteiger partial charge in [0.1, 0.15) is 5.75 Å². The highest BCUT2D eigenvalue weighted by Gasteiger charge is 2.13. The van der Waals surface area contributed by atoms with E-state index in [2.05, 4.69) is 19.2 Å². The van der Waals surface area contributed by atoms with Gasteiger partial charge in [0.2, 0.25) is 0 Å². The lowest BCUT2D eigenvalue weighted by Gasteiger charge is -2.20. The summed E-state index contributed by atoms with van der Waals surface area (Å²) in [6.07, 6.45) is 14.1. The number of carbonyl (C=O) groups excluding carboxylic acids is 1. The molecule has 0 aromatic heterocycles. The minimum atomic E-state index is 0.00956. The van der Waals surface area contributed by atoms with Crippen LogP contribution in [0.2, 0.25) is 0 Å². The first-order valence-corrected chi connectivity index (χ1v) is 10.1. The van der Waals surface area contributed by atoms with Crippen molar-refractivity contribution in [3.05, 3.63) is 29.3 Å². The van der Waals surface area contributed by atoms with Gasteiger partial charge in [0.05, 0.1) is 0 Å². The molecule has 1 aliphatic carbocycles. The zero-order chi connectivity index (χ0) is 17.9. The summed E-state index contributed by atoms with van der Waals surface area (Å²) < 4.78 is 5.67. The Hall–Kier alpha value is -1.51. The summed E-state index contributed by atoms with van der Waals surface area (Å²) in [6, 6.07) is 6.29. The van der Waals surface area contributed by atoms with Crippen LogP contribution in [0.4, 0.5) is 0 Å². The Labute approximate surface area is 153 Å². The SMILES string of the molecule is Cc1ccc(OCC(=O)NC2CCCCCCCCCCC2)cc1C. The van der Waals surface area contributed by atoms with Gasteiger partial charge in [-0.25, -0.2) is 0 Å². The monoisotopic (exact) mass is 345 g/mol. The van der Waals surface area contributed by atoms with Gasteiger partial charge < -0.3 is 10.1 Å². The van der Waals surface area contributed by atoms with E-state index in [1.807, 2.05) is 18.2 Å². The van der Waals surface area contributed by atoms with Crippen LogP contribution < -0.4 is 10.1 Å². The third-order valence-corrected chi connectivity index (χ3v) is 5.32. The van der Waals surface area contributed by atoms with Gasteiger partial charge in [-0.05, 0) is 49.9 Å². The molecular weight excluding hydrogens is 310 g/mol. The van der Waals surface area contributed by atoms with Crippen LogP contribution in [0.25, 0.3) is 0 Å². The minimum Gasteiger partial charge on any atom is -0.484 e. The molecule has 0 unspecified atom stereocenters. The molecule has 0 heterocycles. The van der Waals surface area contributed by atoms with Crippen molar-refractivity contribution in [3.63, 3.8) is 0 Å². The van der Waals surface area contributed by atoms with Crippen LogP contribution in [0.3, 0.4) is 0 Å². The zero-order valence-electron chi connectivity index (χ0n) is 16.1. The fourth-order valence-corrected chi connectivity index (χ4v) is 3.53. The van der Waals surface area contributed by atoms with E-state index >= 15 is 0 Å². The molecule has 25 heavy (non-hydrogen) atoms. The first-order chi connectivity index (χ1) is 12.1. The van der Waals surface area contributed by atoms with Crippen molar-refractivity contribution in [2.45, 2.75) is 90.5 Å². The maximum absolute atomic E-state index is 12.3. The number of ether oxygens (including phenoxy) is 1. The second kappa shape index (κ2) is 11.2. The lowest BCUT2D eigenvalue weighted by molar-refractivity contribution is -0.123. The van der Waals surface area contributed by atoms with Crippen LogP contribution in [0.5, 0.6) is 5.75 Å². The summed E-state index contributed by atoms with van der Waals surface area (Å²) in [6.45, 7) is 4.25. The second-order valence-corrected chi connectivity index (χ2v) is 7.56. The van der Waals surface area contributed by atoms with Crippen molar-refractivity contribution in [2.24, 2.45) is 0 Å². The summed E-state index contributed by atoms with van der Waals surface area (Å²) >= 11 is 0. The van der Waals surface area contributed by atoms with Crippen LogP contribution in [0.15, 0.2) is 18.2 Å². The van der Waals surface area contributed by atoms with E-state index in [0.29, 0.717) is 6.04 Å². The van der Waals surface area contributed by atoms with Crippen molar-refractivity contribution < 1.29 is 9.53 Å². The van der Waals surface area contributed by atoms with Crippen molar-refractivity contribution >= 4 is 5.91 Å². The van der Waals surface area contributed by atoms with Crippen LogP contribution in [0, 0.1) is 13.8 Å². The molecule has 0 atom stereocenters. The largest absolute Gasteiger partial charge is 0.484 e. The highest BCUT2D eigenvalue weighted by Crippen LogP contribution is 2.18. The summed E-state index contributed by atoms with van der Waals surface area (Å²) in [5.41, 5.74) is 2.43. The Morgan fingerprint density at radius 2 is 1.48 bits per heavy atom. The number of benzene rings is 1. The third kappa shape index (κ3) is 7.94. The molecule has 3 heteroatoms. The van der Waals surface area contributed by atoms with Crippen LogP contribution in [-0.4, -0.2) is 18.6 Å². The lowest BCUT2D eigenvalue weighted by atomic mass is 9.98. The molecular formula is C22H35NO2. The predicted octanol–water partition coefficient (Wildman–Crippen LogP) is 5.47. The Morgan fingerprint density at radius 3 is 2.04 bits per heavy atom. The number of rotatable bonds is 4. The highest BCUT2D eigenvalue weighted by molar-refractivity contribution is 5.77. The van der Waals surface area contributed by atoms with E-state index < -0.39 is 0 Å². The minimum absolute atomic E-state index is 0.00956. The molecule has 140 valence electrons. The quantitative estimate of drug-likeness (QED) is 0.785. The molecule has 0 radical (unpaired) electrons. The lowest BCUT2D eigenvalue weighted by Crippen LogP contribution is -2.38. The number of amides is 1. The first kappa shape index (κ1) is 19.8. The van der Waals surface area contributed by atoms with Crippen LogP contribution in [0.1, 0.15) is 81.8 Å². The fraction of sp³-hybridized carbons (Fsp3) is 0.682. The van der Waals surface area contributed by atoms with Crippen molar-refractivity contribution in [3.8, 4) is 5.75 Å². The van der Waals surface area contributed by atoms with Crippen LogP contribution >= 0.6 is 0 Å². The molecule has 0 aliphatic heterocycles. The molecule has 1 aromatic rings. The van der Waals surface area contributed by atoms with Crippen LogP contribution in [-0.2, 0) is 4.79 Å². The Bertz CT molecular complexity index is 515. The summed E-state index contributed by atoms with van der Waals surface area (Å²) in [5.74, 6) is 0.785. The molecule has 1 aromatic carbocycles. The molecule has 0 saturated heterocycles. The molecule has 1 amide bonds. The molecule has 1 saturated carbocycles. The van der Waals surface area contributed by atoms with Gasteiger partial charge in [-0.3, -0.25) is 4.79 Å². The topological polar surface area (TPSA) is 38.3 Å². The maximum atomic E-state index is 12.3. The number of hydrogen-bond donors (Lipinski definition) is 1. The highest BCUT2D eigenvalue weighted by atomic mass is 16.5. The normalized spacial score (nSPS) is 18.0. The second-order valence-electron chi connectivity index (χ2n) is 7.56. The van der Waals surface area contributed by atoms with Crippen molar-refractivity contribution in [1.29, 1.82) is 0 Å². The van der Waals surface area contributed by atoms with Gasteiger partial charge >= 0.3 is 0 Å². The smallest absolute Gasteiger partial charge is 0.258 e. The van der Waals surface area contributed by atoms with Gasteiger partial charge in [0.15, 0.2) is 6.61 Å². The molecule has 2 rings (SSSR count). The molecule has 1 aliphatic rings. The maximum Gasteiger partial charge on any atom is 0.258 e. The van der Waals surface area contributed by atoms with Gasteiger partial charge in [0.25, 0.3) is 5.91 Å². The molecule has 0 spiro atoms. The number of hydrogen-bond acceptors (Lipinski definition) is 2. The average Bonchev–Trinajstić information content (AvgIpc) is 2.58. The van der Waals surface area contributed by atoms with E-state index in [9.17, 15) is 4.79 Å². The first-order valence-electron chi connectivity index (χ1n) is 10.1.